The monoisotopic (exact) mass is 244 g/mol. The van der Waals surface area contributed by atoms with Gasteiger partial charge in [-0.3, -0.25) is 9.59 Å². The quantitative estimate of drug-likeness (QED) is 0.654. The van der Waals surface area contributed by atoms with E-state index in [0.29, 0.717) is 12.8 Å². The first-order valence-electron chi connectivity index (χ1n) is 6.16. The van der Waals surface area contributed by atoms with E-state index >= 15 is 0 Å². The number of rotatable bonds is 4. The fourth-order valence-corrected chi connectivity index (χ4v) is 2.44. The largest absolute Gasteiger partial charge is 0.480 e. The van der Waals surface area contributed by atoms with Crippen molar-refractivity contribution in [1.29, 1.82) is 0 Å². The summed E-state index contributed by atoms with van der Waals surface area (Å²) < 4.78 is 0. The summed E-state index contributed by atoms with van der Waals surface area (Å²) >= 11 is 0. The van der Waals surface area contributed by atoms with Crippen LogP contribution in [-0.2, 0) is 9.59 Å². The topological polar surface area (TPSA) is 54.4 Å². The Kier molecular flexibility index (Phi) is 3.60. The summed E-state index contributed by atoms with van der Waals surface area (Å²) in [5.74, 6) is -1.26. The van der Waals surface area contributed by atoms with Crippen LogP contribution in [0.3, 0.4) is 0 Å². The summed E-state index contributed by atoms with van der Waals surface area (Å²) in [5, 5.41) is 9.28. The molecule has 1 fully saturated rings. The average Bonchev–Trinajstić information content (AvgIpc) is 2.88. The molecule has 1 aromatic rings. The molecule has 0 saturated heterocycles. The predicted octanol–water partition coefficient (Wildman–Crippen LogP) is 2.91. The number of hydrogen-bond acceptors (Lipinski definition) is 2. The molecule has 1 aromatic carbocycles. The summed E-state index contributed by atoms with van der Waals surface area (Å²) in [6.07, 6.45) is 5.65. The Morgan fingerprint density at radius 2 is 1.72 bits per heavy atom. The Morgan fingerprint density at radius 1 is 1.11 bits per heavy atom. The van der Waals surface area contributed by atoms with Crippen molar-refractivity contribution in [2.45, 2.75) is 25.7 Å². The lowest BCUT2D eigenvalue weighted by molar-refractivity contribution is -0.152. The van der Waals surface area contributed by atoms with Crippen molar-refractivity contribution in [3.63, 3.8) is 0 Å². The molecule has 0 bridgehead atoms. The third kappa shape index (κ3) is 2.35. The van der Waals surface area contributed by atoms with Gasteiger partial charge in [0.1, 0.15) is 5.41 Å². The van der Waals surface area contributed by atoms with Crippen LogP contribution in [0, 0.1) is 5.41 Å². The van der Waals surface area contributed by atoms with E-state index in [1.54, 1.807) is 6.08 Å². The Balaban J connectivity index is 2.16. The fraction of sp³-hybridized carbons (Fsp3) is 0.333. The van der Waals surface area contributed by atoms with Crippen LogP contribution < -0.4 is 0 Å². The van der Waals surface area contributed by atoms with Crippen molar-refractivity contribution in [2.75, 3.05) is 0 Å². The molecule has 0 radical (unpaired) electrons. The van der Waals surface area contributed by atoms with E-state index in [1.807, 2.05) is 30.3 Å². The highest BCUT2D eigenvalue weighted by Crippen LogP contribution is 2.39. The van der Waals surface area contributed by atoms with Gasteiger partial charge < -0.3 is 5.11 Å². The third-order valence-electron chi connectivity index (χ3n) is 3.56. The molecular weight excluding hydrogens is 228 g/mol. The summed E-state index contributed by atoms with van der Waals surface area (Å²) in [4.78, 5) is 23.4. The van der Waals surface area contributed by atoms with Gasteiger partial charge in [0.05, 0.1) is 0 Å². The summed E-state index contributed by atoms with van der Waals surface area (Å²) in [6.45, 7) is 0. The van der Waals surface area contributed by atoms with E-state index < -0.39 is 11.4 Å². The molecule has 0 atom stereocenters. The molecule has 94 valence electrons. The molecular formula is C15H16O3. The second-order valence-corrected chi connectivity index (χ2v) is 4.70. The molecule has 0 spiro atoms. The van der Waals surface area contributed by atoms with E-state index in [0.717, 1.165) is 18.4 Å². The van der Waals surface area contributed by atoms with Gasteiger partial charge >= 0.3 is 5.97 Å². The van der Waals surface area contributed by atoms with E-state index in [1.165, 1.54) is 6.08 Å². The van der Waals surface area contributed by atoms with E-state index in [9.17, 15) is 14.7 Å². The zero-order valence-corrected chi connectivity index (χ0v) is 10.1. The zero-order valence-electron chi connectivity index (χ0n) is 10.1. The summed E-state index contributed by atoms with van der Waals surface area (Å²) in [6, 6.07) is 9.42. The molecule has 2 rings (SSSR count). The second-order valence-electron chi connectivity index (χ2n) is 4.70. The third-order valence-corrected chi connectivity index (χ3v) is 3.56. The number of hydrogen-bond donors (Lipinski definition) is 1. The van der Waals surface area contributed by atoms with Crippen molar-refractivity contribution < 1.29 is 14.7 Å². The lowest BCUT2D eigenvalue weighted by Gasteiger charge is -2.19. The smallest absolute Gasteiger partial charge is 0.317 e. The highest BCUT2D eigenvalue weighted by Gasteiger charge is 2.46. The lowest BCUT2D eigenvalue weighted by Crippen LogP contribution is -2.35. The number of allylic oxidation sites excluding steroid dienone is 1. The van der Waals surface area contributed by atoms with Crippen LogP contribution in [0.1, 0.15) is 31.2 Å². The minimum atomic E-state index is -1.18. The first-order chi connectivity index (χ1) is 8.65. The van der Waals surface area contributed by atoms with Crippen LogP contribution in [0.25, 0.3) is 6.08 Å². The molecule has 0 aromatic heterocycles. The molecule has 0 amide bonds. The van der Waals surface area contributed by atoms with Crippen LogP contribution >= 0.6 is 0 Å². The van der Waals surface area contributed by atoms with Gasteiger partial charge in [-0.05, 0) is 24.5 Å². The molecule has 1 aliphatic rings. The van der Waals surface area contributed by atoms with E-state index in [-0.39, 0.29) is 5.78 Å². The molecule has 0 heterocycles. The van der Waals surface area contributed by atoms with Gasteiger partial charge in [-0.2, -0.15) is 0 Å². The van der Waals surface area contributed by atoms with Crippen molar-refractivity contribution in [1.82, 2.24) is 0 Å². The van der Waals surface area contributed by atoms with Gasteiger partial charge in [0.25, 0.3) is 0 Å². The zero-order chi connectivity index (χ0) is 13.0. The van der Waals surface area contributed by atoms with Gasteiger partial charge in [0.2, 0.25) is 0 Å². The Bertz CT molecular complexity index is 468. The van der Waals surface area contributed by atoms with Crippen molar-refractivity contribution in [3.05, 3.63) is 42.0 Å². The van der Waals surface area contributed by atoms with Crippen LogP contribution in [-0.4, -0.2) is 16.9 Å². The highest BCUT2D eigenvalue weighted by atomic mass is 16.4. The standard InChI is InChI=1S/C15H16O3/c16-13(9-8-12-6-2-1-3-7-12)15(14(17)18)10-4-5-11-15/h1-3,6-9H,4-5,10-11H2,(H,17,18)/b9-8+. The van der Waals surface area contributed by atoms with Crippen LogP contribution in [0.15, 0.2) is 36.4 Å². The number of carboxylic acids is 1. The van der Waals surface area contributed by atoms with Crippen LogP contribution in [0.4, 0.5) is 0 Å². The van der Waals surface area contributed by atoms with Gasteiger partial charge in [0, 0.05) is 0 Å². The minimum Gasteiger partial charge on any atom is -0.480 e. The lowest BCUT2D eigenvalue weighted by atomic mass is 9.81. The summed E-state index contributed by atoms with van der Waals surface area (Å²) in [7, 11) is 0. The summed E-state index contributed by atoms with van der Waals surface area (Å²) in [5.41, 5.74) is -0.268. The van der Waals surface area contributed by atoms with Crippen LogP contribution in [0.5, 0.6) is 0 Å². The Morgan fingerprint density at radius 3 is 2.28 bits per heavy atom. The predicted molar refractivity (Wildman–Crippen MR) is 69.0 cm³/mol. The number of ketones is 1. The number of aliphatic carboxylic acids is 1. The van der Waals surface area contributed by atoms with Crippen molar-refractivity contribution >= 4 is 17.8 Å². The molecule has 0 aliphatic heterocycles. The van der Waals surface area contributed by atoms with Gasteiger partial charge in [0.15, 0.2) is 5.78 Å². The maximum atomic E-state index is 12.1. The Hall–Kier alpha value is -1.90. The molecule has 1 aliphatic carbocycles. The maximum absolute atomic E-state index is 12.1. The molecule has 18 heavy (non-hydrogen) atoms. The van der Waals surface area contributed by atoms with Crippen molar-refractivity contribution in [2.24, 2.45) is 5.41 Å². The van der Waals surface area contributed by atoms with Gasteiger partial charge in [-0.15, -0.1) is 0 Å². The number of carbonyl (C=O) groups is 2. The first kappa shape index (κ1) is 12.6. The fourth-order valence-electron chi connectivity index (χ4n) is 2.44. The molecule has 3 nitrogen and oxygen atoms in total. The molecule has 1 saturated carbocycles. The minimum absolute atomic E-state index is 0.281. The average molecular weight is 244 g/mol. The highest BCUT2D eigenvalue weighted by molar-refractivity contribution is 6.10. The number of benzene rings is 1. The number of carboxylic acid groups (broad SMARTS) is 1. The normalized spacial score (nSPS) is 18.0. The van der Waals surface area contributed by atoms with E-state index in [2.05, 4.69) is 0 Å². The van der Waals surface area contributed by atoms with Crippen LogP contribution in [0.2, 0.25) is 0 Å². The SMILES string of the molecule is O=C(O)C1(C(=O)/C=C/c2ccccc2)CCCC1. The molecule has 1 N–H and O–H groups in total. The molecule has 3 heteroatoms. The van der Waals surface area contributed by atoms with Gasteiger partial charge in [-0.1, -0.05) is 49.2 Å². The van der Waals surface area contributed by atoms with E-state index in [4.69, 9.17) is 0 Å². The second kappa shape index (κ2) is 5.17. The Labute approximate surface area is 106 Å². The maximum Gasteiger partial charge on any atom is 0.317 e. The molecule has 0 unspecified atom stereocenters. The van der Waals surface area contributed by atoms with Crippen molar-refractivity contribution in [3.8, 4) is 0 Å². The first-order valence-corrected chi connectivity index (χ1v) is 6.16. The number of carbonyl (C=O) groups excluding carboxylic acids is 1. The van der Waals surface area contributed by atoms with Gasteiger partial charge in [-0.25, -0.2) is 0 Å².